The van der Waals surface area contributed by atoms with E-state index in [-0.39, 0.29) is 6.04 Å². The van der Waals surface area contributed by atoms with E-state index >= 15 is 0 Å². The molecule has 1 aromatic heterocycles. The summed E-state index contributed by atoms with van der Waals surface area (Å²) in [5.41, 5.74) is 3.71. The Hall–Kier alpha value is -1.32. The molecule has 2 nitrogen and oxygen atoms in total. The van der Waals surface area contributed by atoms with Crippen LogP contribution in [-0.2, 0) is 6.42 Å². The Kier molecular flexibility index (Phi) is 5.43. The molecule has 0 radical (unpaired) electrons. The molecular weight excluding hydrogens is 278 g/mol. The van der Waals surface area contributed by atoms with Crippen LogP contribution in [0.2, 0.25) is 0 Å². The van der Waals surface area contributed by atoms with Gasteiger partial charge in [0, 0.05) is 9.75 Å². The first-order valence-electron chi connectivity index (χ1n) is 7.57. The summed E-state index contributed by atoms with van der Waals surface area (Å²) in [5.74, 6) is 0.995. The second-order valence-corrected chi connectivity index (χ2v) is 6.54. The van der Waals surface area contributed by atoms with Gasteiger partial charge in [0.2, 0.25) is 0 Å². The second kappa shape index (κ2) is 7.10. The monoisotopic (exact) mass is 303 g/mol. The lowest BCUT2D eigenvalue weighted by molar-refractivity contribution is 0.408. The van der Waals surface area contributed by atoms with E-state index in [2.05, 4.69) is 57.3 Å². The molecule has 0 aliphatic heterocycles. The van der Waals surface area contributed by atoms with Gasteiger partial charge in [-0.1, -0.05) is 26.0 Å². The summed E-state index contributed by atoms with van der Waals surface area (Å²) >= 11 is 1.90. The number of benzene rings is 1. The van der Waals surface area contributed by atoms with E-state index in [1.807, 2.05) is 11.3 Å². The fraction of sp³-hybridized carbons (Fsp3) is 0.444. The zero-order chi connectivity index (χ0) is 15.4. The summed E-state index contributed by atoms with van der Waals surface area (Å²) in [6.45, 7) is 9.55. The van der Waals surface area contributed by atoms with Gasteiger partial charge in [0.1, 0.15) is 5.75 Å². The molecule has 1 atom stereocenters. The molecule has 114 valence electrons. The molecule has 0 amide bonds. The highest BCUT2D eigenvalue weighted by atomic mass is 32.1. The first kappa shape index (κ1) is 16.1. The molecule has 0 saturated heterocycles. The quantitative estimate of drug-likeness (QED) is 0.839. The topological polar surface area (TPSA) is 21.3 Å². The van der Waals surface area contributed by atoms with Gasteiger partial charge in [0.25, 0.3) is 0 Å². The Morgan fingerprint density at radius 2 is 1.81 bits per heavy atom. The number of hydrogen-bond donors (Lipinski definition) is 1. The van der Waals surface area contributed by atoms with Crippen LogP contribution >= 0.6 is 11.3 Å². The third-order valence-corrected chi connectivity index (χ3v) is 5.04. The van der Waals surface area contributed by atoms with Gasteiger partial charge in [-0.3, -0.25) is 0 Å². The molecule has 0 aliphatic carbocycles. The largest absolute Gasteiger partial charge is 0.496 e. The van der Waals surface area contributed by atoms with Crippen LogP contribution in [0.4, 0.5) is 0 Å². The van der Waals surface area contributed by atoms with Crippen molar-refractivity contribution in [1.29, 1.82) is 0 Å². The lowest BCUT2D eigenvalue weighted by atomic mass is 9.99. The summed E-state index contributed by atoms with van der Waals surface area (Å²) < 4.78 is 5.48. The SMILES string of the molecule is CCNC(c1cc(C)c(OC)c(C)c1)c1ccc(CC)s1. The summed E-state index contributed by atoms with van der Waals surface area (Å²) in [6, 6.07) is 9.25. The highest BCUT2D eigenvalue weighted by molar-refractivity contribution is 7.12. The fourth-order valence-corrected chi connectivity index (χ4v) is 3.86. The van der Waals surface area contributed by atoms with E-state index in [1.54, 1.807) is 7.11 Å². The Bertz CT molecular complexity index is 580. The zero-order valence-corrected chi connectivity index (χ0v) is 14.4. The average molecular weight is 303 g/mol. The second-order valence-electron chi connectivity index (χ2n) is 5.34. The molecule has 0 saturated carbocycles. The van der Waals surface area contributed by atoms with Gasteiger partial charge >= 0.3 is 0 Å². The normalized spacial score (nSPS) is 12.4. The van der Waals surface area contributed by atoms with Crippen LogP contribution in [0.15, 0.2) is 24.3 Å². The van der Waals surface area contributed by atoms with E-state index in [4.69, 9.17) is 4.74 Å². The van der Waals surface area contributed by atoms with E-state index in [0.717, 1.165) is 18.7 Å². The third kappa shape index (κ3) is 3.47. The number of thiophene rings is 1. The van der Waals surface area contributed by atoms with Crippen LogP contribution in [0.3, 0.4) is 0 Å². The number of ether oxygens (including phenoxy) is 1. The minimum absolute atomic E-state index is 0.267. The number of aryl methyl sites for hydroxylation is 3. The number of hydrogen-bond acceptors (Lipinski definition) is 3. The van der Waals surface area contributed by atoms with Crippen molar-refractivity contribution in [2.24, 2.45) is 0 Å². The van der Waals surface area contributed by atoms with Gasteiger partial charge in [0.05, 0.1) is 13.2 Å². The summed E-state index contributed by atoms with van der Waals surface area (Å²) in [6.07, 6.45) is 1.10. The van der Waals surface area contributed by atoms with Crippen LogP contribution in [0.1, 0.15) is 46.3 Å². The van der Waals surface area contributed by atoms with Crippen LogP contribution in [0, 0.1) is 13.8 Å². The molecule has 3 heteroatoms. The van der Waals surface area contributed by atoms with E-state index in [1.165, 1.54) is 26.4 Å². The summed E-state index contributed by atoms with van der Waals surface area (Å²) in [7, 11) is 1.74. The maximum Gasteiger partial charge on any atom is 0.124 e. The van der Waals surface area contributed by atoms with Crippen molar-refractivity contribution < 1.29 is 4.74 Å². The molecule has 21 heavy (non-hydrogen) atoms. The van der Waals surface area contributed by atoms with Gasteiger partial charge < -0.3 is 10.1 Å². The number of methoxy groups -OCH3 is 1. The van der Waals surface area contributed by atoms with E-state index in [9.17, 15) is 0 Å². The molecule has 0 bridgehead atoms. The fourth-order valence-electron chi connectivity index (χ4n) is 2.80. The molecule has 1 aromatic carbocycles. The maximum absolute atomic E-state index is 5.48. The lowest BCUT2D eigenvalue weighted by Crippen LogP contribution is -2.21. The maximum atomic E-state index is 5.48. The molecule has 1 unspecified atom stereocenters. The number of rotatable bonds is 6. The predicted octanol–water partition coefficient (Wildman–Crippen LogP) is 4.63. The van der Waals surface area contributed by atoms with Crippen molar-refractivity contribution >= 4 is 11.3 Å². The Balaban J connectivity index is 2.42. The van der Waals surface area contributed by atoms with Crippen molar-refractivity contribution in [3.05, 3.63) is 50.7 Å². The average Bonchev–Trinajstić information content (AvgIpc) is 2.93. The highest BCUT2D eigenvalue weighted by Crippen LogP contribution is 2.33. The molecule has 1 N–H and O–H groups in total. The minimum atomic E-state index is 0.267. The molecule has 1 heterocycles. The van der Waals surface area contributed by atoms with Crippen LogP contribution < -0.4 is 10.1 Å². The molecular formula is C18H25NOS. The Morgan fingerprint density at radius 1 is 1.14 bits per heavy atom. The van der Waals surface area contributed by atoms with Gasteiger partial charge in [0.15, 0.2) is 0 Å². The molecule has 2 aromatic rings. The first-order valence-corrected chi connectivity index (χ1v) is 8.39. The Labute approximate surface area is 132 Å². The highest BCUT2D eigenvalue weighted by Gasteiger charge is 2.17. The van der Waals surface area contributed by atoms with Crippen molar-refractivity contribution in [1.82, 2.24) is 5.32 Å². The summed E-state index contributed by atoms with van der Waals surface area (Å²) in [5, 5.41) is 3.61. The first-order chi connectivity index (χ1) is 10.1. The molecule has 0 fully saturated rings. The van der Waals surface area contributed by atoms with Crippen molar-refractivity contribution in [2.45, 2.75) is 40.2 Å². The van der Waals surface area contributed by atoms with Crippen molar-refractivity contribution in [3.63, 3.8) is 0 Å². The predicted molar refractivity (Wildman–Crippen MR) is 91.7 cm³/mol. The molecule has 2 rings (SSSR count). The smallest absolute Gasteiger partial charge is 0.124 e. The molecule has 0 aliphatic rings. The van der Waals surface area contributed by atoms with Crippen molar-refractivity contribution in [2.75, 3.05) is 13.7 Å². The lowest BCUT2D eigenvalue weighted by Gasteiger charge is -2.20. The van der Waals surface area contributed by atoms with Gasteiger partial charge in [-0.2, -0.15) is 0 Å². The molecule has 0 spiro atoms. The van der Waals surface area contributed by atoms with Crippen LogP contribution in [-0.4, -0.2) is 13.7 Å². The van der Waals surface area contributed by atoms with Gasteiger partial charge in [-0.05, 0) is 55.6 Å². The summed E-state index contributed by atoms with van der Waals surface area (Å²) in [4.78, 5) is 2.83. The van der Waals surface area contributed by atoms with Crippen molar-refractivity contribution in [3.8, 4) is 5.75 Å². The number of nitrogens with one attached hydrogen (secondary N) is 1. The third-order valence-electron chi connectivity index (χ3n) is 3.74. The van der Waals surface area contributed by atoms with Gasteiger partial charge in [-0.25, -0.2) is 0 Å². The zero-order valence-electron chi connectivity index (χ0n) is 13.6. The minimum Gasteiger partial charge on any atom is -0.496 e. The van der Waals surface area contributed by atoms with E-state index < -0.39 is 0 Å². The van der Waals surface area contributed by atoms with Crippen LogP contribution in [0.25, 0.3) is 0 Å². The van der Waals surface area contributed by atoms with Gasteiger partial charge in [-0.15, -0.1) is 11.3 Å². The van der Waals surface area contributed by atoms with Crippen LogP contribution in [0.5, 0.6) is 5.75 Å². The van der Waals surface area contributed by atoms with E-state index in [0.29, 0.717) is 0 Å². The Morgan fingerprint density at radius 3 is 2.29 bits per heavy atom. The standard InChI is InChI=1S/C18H25NOS/c1-6-15-8-9-16(21-15)17(19-7-2)14-10-12(3)18(20-5)13(4)11-14/h8-11,17,19H,6-7H2,1-5H3.